The number of furan rings is 1. The molecule has 1 heterocycles. The highest BCUT2D eigenvalue weighted by molar-refractivity contribution is 5.38. The average molecular weight is 273 g/mol. The van der Waals surface area contributed by atoms with Gasteiger partial charge in [-0.1, -0.05) is 24.6 Å². The van der Waals surface area contributed by atoms with Gasteiger partial charge in [0.15, 0.2) is 0 Å². The lowest BCUT2D eigenvalue weighted by Gasteiger charge is -2.18. The third kappa shape index (κ3) is 3.42. The number of methoxy groups -OCH3 is 1. The first-order chi connectivity index (χ1) is 9.63. The van der Waals surface area contributed by atoms with Crippen LogP contribution in [0.15, 0.2) is 34.9 Å². The van der Waals surface area contributed by atoms with E-state index in [-0.39, 0.29) is 6.04 Å². The molecule has 1 N–H and O–H groups in total. The van der Waals surface area contributed by atoms with Crippen molar-refractivity contribution in [3.8, 4) is 5.75 Å². The smallest absolute Gasteiger partial charge is 0.122 e. The van der Waals surface area contributed by atoms with Gasteiger partial charge in [-0.05, 0) is 44.5 Å². The van der Waals surface area contributed by atoms with Crippen molar-refractivity contribution < 1.29 is 9.15 Å². The lowest BCUT2D eigenvalue weighted by molar-refractivity contribution is 0.405. The van der Waals surface area contributed by atoms with Crippen molar-refractivity contribution in [3.05, 3.63) is 53.0 Å². The highest BCUT2D eigenvalue weighted by Crippen LogP contribution is 2.27. The summed E-state index contributed by atoms with van der Waals surface area (Å²) in [7, 11) is 1.72. The average Bonchev–Trinajstić information content (AvgIpc) is 2.85. The summed E-state index contributed by atoms with van der Waals surface area (Å²) in [4.78, 5) is 0. The number of likely N-dealkylation sites (N-methyl/N-ethyl adjacent to an activating group) is 1. The maximum absolute atomic E-state index is 5.47. The maximum atomic E-state index is 5.47. The number of ether oxygens (including phenoxy) is 1. The molecule has 0 aliphatic carbocycles. The van der Waals surface area contributed by atoms with Crippen molar-refractivity contribution >= 4 is 0 Å². The number of benzene rings is 1. The second-order valence-electron chi connectivity index (χ2n) is 5.12. The highest BCUT2D eigenvalue weighted by atomic mass is 16.5. The van der Waals surface area contributed by atoms with Crippen molar-refractivity contribution in [2.24, 2.45) is 0 Å². The van der Waals surface area contributed by atoms with Crippen molar-refractivity contribution in [2.75, 3.05) is 13.7 Å². The molecule has 1 aromatic heterocycles. The van der Waals surface area contributed by atoms with Crippen LogP contribution in [0, 0.1) is 13.8 Å². The van der Waals surface area contributed by atoms with Gasteiger partial charge in [-0.25, -0.2) is 0 Å². The van der Waals surface area contributed by atoms with E-state index in [2.05, 4.69) is 37.4 Å². The first-order valence-electron chi connectivity index (χ1n) is 7.06. The van der Waals surface area contributed by atoms with E-state index in [1.165, 1.54) is 16.7 Å². The van der Waals surface area contributed by atoms with E-state index in [1.54, 1.807) is 7.11 Å². The zero-order valence-corrected chi connectivity index (χ0v) is 12.7. The SMILES string of the molecule is CCNC(Cc1cc(C)ccc1OC)c1coc(C)c1. The summed E-state index contributed by atoms with van der Waals surface area (Å²) in [6.45, 7) is 7.11. The van der Waals surface area contributed by atoms with Gasteiger partial charge < -0.3 is 14.5 Å². The summed E-state index contributed by atoms with van der Waals surface area (Å²) in [5, 5.41) is 3.52. The summed E-state index contributed by atoms with van der Waals surface area (Å²) in [5.74, 6) is 1.89. The van der Waals surface area contributed by atoms with Gasteiger partial charge >= 0.3 is 0 Å². The molecule has 0 aliphatic heterocycles. The predicted octanol–water partition coefficient (Wildman–Crippen LogP) is 3.80. The van der Waals surface area contributed by atoms with Crippen LogP contribution in [0.1, 0.15) is 35.4 Å². The van der Waals surface area contributed by atoms with E-state index in [0.29, 0.717) is 0 Å². The fraction of sp³-hybridized carbons (Fsp3) is 0.412. The highest BCUT2D eigenvalue weighted by Gasteiger charge is 2.16. The van der Waals surface area contributed by atoms with Gasteiger partial charge in [0.05, 0.1) is 13.4 Å². The van der Waals surface area contributed by atoms with Crippen LogP contribution in [0.2, 0.25) is 0 Å². The Balaban J connectivity index is 2.26. The van der Waals surface area contributed by atoms with E-state index in [1.807, 2.05) is 19.3 Å². The molecular formula is C17H23NO2. The minimum atomic E-state index is 0.244. The molecule has 1 unspecified atom stereocenters. The fourth-order valence-electron chi connectivity index (χ4n) is 2.49. The summed E-state index contributed by atoms with van der Waals surface area (Å²) in [6, 6.07) is 8.64. The van der Waals surface area contributed by atoms with Gasteiger partial charge in [0.25, 0.3) is 0 Å². The van der Waals surface area contributed by atoms with Crippen LogP contribution in [0.3, 0.4) is 0 Å². The van der Waals surface area contributed by atoms with Gasteiger partial charge in [-0.15, -0.1) is 0 Å². The number of hydrogen-bond acceptors (Lipinski definition) is 3. The Morgan fingerprint density at radius 1 is 1.25 bits per heavy atom. The van der Waals surface area contributed by atoms with Crippen LogP contribution in [0.5, 0.6) is 5.75 Å². The molecule has 0 radical (unpaired) electrons. The Hall–Kier alpha value is -1.74. The standard InChI is InChI=1S/C17H23NO2/c1-5-18-16(15-9-13(3)20-11-15)10-14-8-12(2)6-7-17(14)19-4/h6-9,11,16,18H,5,10H2,1-4H3. The van der Waals surface area contributed by atoms with Gasteiger partial charge in [-0.2, -0.15) is 0 Å². The first-order valence-corrected chi connectivity index (χ1v) is 7.06. The largest absolute Gasteiger partial charge is 0.496 e. The van der Waals surface area contributed by atoms with Crippen LogP contribution >= 0.6 is 0 Å². The molecule has 0 saturated carbocycles. The number of rotatable bonds is 6. The molecule has 1 atom stereocenters. The van der Waals surface area contributed by atoms with Crippen molar-refractivity contribution in [1.82, 2.24) is 5.32 Å². The van der Waals surface area contributed by atoms with Gasteiger partial charge in [0, 0.05) is 11.6 Å². The molecule has 108 valence electrons. The van der Waals surface area contributed by atoms with E-state index >= 15 is 0 Å². The predicted molar refractivity (Wildman–Crippen MR) is 81.3 cm³/mol. The first kappa shape index (κ1) is 14.7. The van der Waals surface area contributed by atoms with E-state index < -0.39 is 0 Å². The van der Waals surface area contributed by atoms with Crippen LogP contribution in [-0.2, 0) is 6.42 Å². The van der Waals surface area contributed by atoms with Crippen molar-refractivity contribution in [3.63, 3.8) is 0 Å². The Kier molecular flexibility index (Phi) is 4.85. The van der Waals surface area contributed by atoms with Gasteiger partial charge in [-0.3, -0.25) is 0 Å². The molecule has 2 aromatic rings. The maximum Gasteiger partial charge on any atom is 0.122 e. The number of nitrogens with one attached hydrogen (secondary N) is 1. The third-order valence-electron chi connectivity index (χ3n) is 3.46. The third-order valence-corrected chi connectivity index (χ3v) is 3.46. The monoisotopic (exact) mass is 273 g/mol. The topological polar surface area (TPSA) is 34.4 Å². The molecular weight excluding hydrogens is 250 g/mol. The Morgan fingerprint density at radius 2 is 2.05 bits per heavy atom. The molecule has 0 bridgehead atoms. The minimum absolute atomic E-state index is 0.244. The molecule has 0 saturated heterocycles. The molecule has 0 fully saturated rings. The Bertz CT molecular complexity index is 560. The minimum Gasteiger partial charge on any atom is -0.496 e. The molecule has 0 spiro atoms. The summed E-state index contributed by atoms with van der Waals surface area (Å²) < 4.78 is 10.9. The fourth-order valence-corrected chi connectivity index (χ4v) is 2.49. The van der Waals surface area contributed by atoms with E-state index in [9.17, 15) is 0 Å². The van der Waals surface area contributed by atoms with Crippen LogP contribution in [-0.4, -0.2) is 13.7 Å². The summed E-state index contributed by atoms with van der Waals surface area (Å²) >= 11 is 0. The van der Waals surface area contributed by atoms with E-state index in [4.69, 9.17) is 9.15 Å². The van der Waals surface area contributed by atoms with Gasteiger partial charge in [0.1, 0.15) is 11.5 Å². The summed E-state index contributed by atoms with van der Waals surface area (Å²) in [5.41, 5.74) is 3.66. The van der Waals surface area contributed by atoms with Crippen LogP contribution in [0.25, 0.3) is 0 Å². The lowest BCUT2D eigenvalue weighted by atomic mass is 9.98. The zero-order chi connectivity index (χ0) is 14.5. The van der Waals surface area contributed by atoms with Crippen LogP contribution < -0.4 is 10.1 Å². The van der Waals surface area contributed by atoms with Crippen molar-refractivity contribution in [1.29, 1.82) is 0 Å². The normalized spacial score (nSPS) is 12.4. The van der Waals surface area contributed by atoms with E-state index in [0.717, 1.165) is 24.5 Å². The quantitative estimate of drug-likeness (QED) is 0.869. The second kappa shape index (κ2) is 6.62. The molecule has 20 heavy (non-hydrogen) atoms. The molecule has 2 rings (SSSR count). The Labute approximate surface area is 121 Å². The second-order valence-corrected chi connectivity index (χ2v) is 5.12. The summed E-state index contributed by atoms with van der Waals surface area (Å²) in [6.07, 6.45) is 2.72. The molecule has 3 heteroatoms. The zero-order valence-electron chi connectivity index (χ0n) is 12.7. The molecule has 1 aromatic carbocycles. The Morgan fingerprint density at radius 3 is 2.65 bits per heavy atom. The number of hydrogen-bond donors (Lipinski definition) is 1. The lowest BCUT2D eigenvalue weighted by Crippen LogP contribution is -2.22. The molecule has 3 nitrogen and oxygen atoms in total. The number of aryl methyl sites for hydroxylation is 2. The molecule has 0 amide bonds. The van der Waals surface area contributed by atoms with Gasteiger partial charge in [0.2, 0.25) is 0 Å². The van der Waals surface area contributed by atoms with Crippen molar-refractivity contribution in [2.45, 2.75) is 33.2 Å². The van der Waals surface area contributed by atoms with Crippen LogP contribution in [0.4, 0.5) is 0 Å². The molecule has 0 aliphatic rings.